The molecule has 4 rings (SSSR count). The lowest BCUT2D eigenvalue weighted by Gasteiger charge is -2.25. The van der Waals surface area contributed by atoms with Crippen molar-refractivity contribution in [2.45, 2.75) is 12.6 Å². The number of rotatable bonds is 3. The summed E-state index contributed by atoms with van der Waals surface area (Å²) >= 11 is 0. The highest BCUT2D eigenvalue weighted by atomic mass is 19.1. The average molecular weight is 373 g/mol. The van der Waals surface area contributed by atoms with E-state index in [9.17, 15) is 22.8 Å². The van der Waals surface area contributed by atoms with Crippen LogP contribution in [0.3, 0.4) is 0 Å². The van der Waals surface area contributed by atoms with Gasteiger partial charge in [-0.3, -0.25) is 4.79 Å². The Bertz CT molecular complexity index is 970. The summed E-state index contributed by atoms with van der Waals surface area (Å²) in [5, 5.41) is 5.15. The normalized spacial score (nSPS) is 19.1. The molecular weight excluding hydrogens is 359 g/mol. The maximum atomic E-state index is 13.9. The maximum Gasteiger partial charge on any atom is 0.319 e. The summed E-state index contributed by atoms with van der Waals surface area (Å²) in [6, 6.07) is 7.66. The van der Waals surface area contributed by atoms with Crippen LogP contribution < -0.4 is 10.6 Å². The van der Waals surface area contributed by atoms with Crippen molar-refractivity contribution in [3.05, 3.63) is 82.3 Å². The molecule has 2 heterocycles. The highest BCUT2D eigenvalue weighted by Gasteiger charge is 2.40. The molecule has 0 fully saturated rings. The van der Waals surface area contributed by atoms with E-state index in [-0.39, 0.29) is 24.2 Å². The van der Waals surface area contributed by atoms with E-state index < -0.39 is 35.4 Å². The predicted molar refractivity (Wildman–Crippen MR) is 89.6 cm³/mol. The zero-order valence-corrected chi connectivity index (χ0v) is 13.9. The number of hydrogen-bond acceptors (Lipinski definition) is 2. The lowest BCUT2D eigenvalue weighted by atomic mass is 9.96. The first kappa shape index (κ1) is 17.1. The summed E-state index contributed by atoms with van der Waals surface area (Å²) in [7, 11) is 0. The van der Waals surface area contributed by atoms with Gasteiger partial charge in [0, 0.05) is 5.56 Å². The van der Waals surface area contributed by atoms with Gasteiger partial charge in [-0.1, -0.05) is 18.2 Å². The monoisotopic (exact) mass is 373 g/mol. The largest absolute Gasteiger partial charge is 0.328 e. The molecule has 8 heteroatoms. The van der Waals surface area contributed by atoms with Crippen molar-refractivity contribution in [1.29, 1.82) is 0 Å². The molecule has 2 aromatic rings. The second-order valence-electron chi connectivity index (χ2n) is 6.34. The Morgan fingerprint density at radius 2 is 1.74 bits per heavy atom. The molecule has 0 saturated carbocycles. The number of amides is 3. The molecule has 0 bridgehead atoms. The van der Waals surface area contributed by atoms with Crippen LogP contribution in [0.5, 0.6) is 0 Å². The third kappa shape index (κ3) is 3.03. The third-order valence-corrected chi connectivity index (χ3v) is 4.61. The number of carbonyl (C=O) groups is 2. The molecule has 2 aromatic carbocycles. The van der Waals surface area contributed by atoms with E-state index in [2.05, 4.69) is 10.6 Å². The molecule has 0 spiro atoms. The van der Waals surface area contributed by atoms with Crippen LogP contribution in [0.15, 0.2) is 53.7 Å². The van der Waals surface area contributed by atoms with Gasteiger partial charge in [0.2, 0.25) is 0 Å². The van der Waals surface area contributed by atoms with E-state index in [1.54, 1.807) is 6.07 Å². The van der Waals surface area contributed by atoms with Crippen LogP contribution in [-0.2, 0) is 11.3 Å². The molecule has 0 radical (unpaired) electrons. The Kier molecular flexibility index (Phi) is 4.10. The van der Waals surface area contributed by atoms with Crippen LogP contribution >= 0.6 is 0 Å². The van der Waals surface area contributed by atoms with E-state index in [0.29, 0.717) is 11.3 Å². The van der Waals surface area contributed by atoms with Gasteiger partial charge in [0.1, 0.15) is 17.5 Å². The van der Waals surface area contributed by atoms with Crippen molar-refractivity contribution in [3.8, 4) is 0 Å². The summed E-state index contributed by atoms with van der Waals surface area (Å²) in [6.45, 7) is -0.280. The van der Waals surface area contributed by atoms with Crippen LogP contribution in [0, 0.1) is 17.5 Å². The Hall–Kier alpha value is -3.29. The minimum Gasteiger partial charge on any atom is -0.328 e. The number of nitrogens with one attached hydrogen (secondary N) is 2. The van der Waals surface area contributed by atoms with Gasteiger partial charge in [-0.15, -0.1) is 0 Å². The second kappa shape index (κ2) is 6.46. The number of benzene rings is 2. The average Bonchev–Trinajstić information content (AvgIpc) is 2.93. The van der Waals surface area contributed by atoms with Gasteiger partial charge in [-0.05, 0) is 29.8 Å². The molecule has 138 valence electrons. The Labute approximate surface area is 152 Å². The van der Waals surface area contributed by atoms with Gasteiger partial charge in [-0.2, -0.15) is 0 Å². The Morgan fingerprint density at radius 1 is 1.04 bits per heavy atom. The SMILES string of the molecule is O=C1NC2=C(C(=O)N(Cc3c(F)cccc3F)C2)[C@@H](c2cccc(F)c2)N1. The summed E-state index contributed by atoms with van der Waals surface area (Å²) in [5.41, 5.74) is 0.753. The van der Waals surface area contributed by atoms with E-state index in [0.717, 1.165) is 12.1 Å². The lowest BCUT2D eigenvalue weighted by molar-refractivity contribution is -0.126. The van der Waals surface area contributed by atoms with Gasteiger partial charge in [-0.25, -0.2) is 18.0 Å². The number of nitrogens with zero attached hydrogens (tertiary/aromatic N) is 1. The van der Waals surface area contributed by atoms with Crippen LogP contribution in [0.1, 0.15) is 17.2 Å². The van der Waals surface area contributed by atoms with Gasteiger partial charge in [0.15, 0.2) is 0 Å². The Balaban J connectivity index is 1.66. The number of carbonyl (C=O) groups excluding carboxylic acids is 2. The highest BCUT2D eigenvalue weighted by Crippen LogP contribution is 2.33. The fourth-order valence-corrected chi connectivity index (χ4v) is 3.37. The van der Waals surface area contributed by atoms with E-state index >= 15 is 0 Å². The number of halogens is 3. The summed E-state index contributed by atoms with van der Waals surface area (Å²) in [4.78, 5) is 26.1. The van der Waals surface area contributed by atoms with Gasteiger partial charge < -0.3 is 15.5 Å². The molecule has 0 aliphatic carbocycles. The fourth-order valence-electron chi connectivity index (χ4n) is 3.37. The van der Waals surface area contributed by atoms with E-state index in [1.165, 1.54) is 29.2 Å². The first-order valence-corrected chi connectivity index (χ1v) is 8.22. The third-order valence-electron chi connectivity index (χ3n) is 4.61. The molecule has 2 aliphatic heterocycles. The maximum absolute atomic E-state index is 13.9. The summed E-state index contributed by atoms with van der Waals surface area (Å²) in [5.74, 6) is -2.49. The topological polar surface area (TPSA) is 61.4 Å². The molecule has 27 heavy (non-hydrogen) atoms. The van der Waals surface area contributed by atoms with Crippen LogP contribution in [0.25, 0.3) is 0 Å². The predicted octanol–water partition coefficient (Wildman–Crippen LogP) is 2.75. The smallest absolute Gasteiger partial charge is 0.319 e. The second-order valence-corrected chi connectivity index (χ2v) is 6.34. The summed E-state index contributed by atoms with van der Waals surface area (Å²) < 4.78 is 41.5. The standard InChI is InChI=1S/C19H14F3N3O2/c20-11-4-1-3-10(7-11)17-16-15(23-19(27)24-17)9-25(18(16)26)8-12-13(21)5-2-6-14(12)22/h1-7,17H,8-9H2,(H2,23,24,27)/t17-/m1/s1. The lowest BCUT2D eigenvalue weighted by Crippen LogP contribution is -2.44. The Morgan fingerprint density at radius 3 is 2.44 bits per heavy atom. The summed E-state index contributed by atoms with van der Waals surface area (Å²) in [6.07, 6.45) is 0. The quantitative estimate of drug-likeness (QED) is 0.869. The zero-order chi connectivity index (χ0) is 19.1. The molecule has 0 unspecified atom stereocenters. The van der Waals surface area contributed by atoms with Gasteiger partial charge in [0.25, 0.3) is 5.91 Å². The molecule has 5 nitrogen and oxygen atoms in total. The fraction of sp³-hybridized carbons (Fsp3) is 0.158. The minimum atomic E-state index is -0.840. The molecule has 2 aliphatic rings. The minimum absolute atomic E-state index is 0.00117. The van der Waals surface area contributed by atoms with Crippen LogP contribution in [-0.4, -0.2) is 23.4 Å². The zero-order valence-electron chi connectivity index (χ0n) is 13.9. The van der Waals surface area contributed by atoms with Crippen molar-refractivity contribution in [1.82, 2.24) is 15.5 Å². The van der Waals surface area contributed by atoms with Crippen molar-refractivity contribution in [2.24, 2.45) is 0 Å². The van der Waals surface area contributed by atoms with Gasteiger partial charge in [0.05, 0.1) is 30.4 Å². The van der Waals surface area contributed by atoms with Crippen LogP contribution in [0.4, 0.5) is 18.0 Å². The molecule has 3 amide bonds. The van der Waals surface area contributed by atoms with Crippen LogP contribution in [0.2, 0.25) is 0 Å². The van der Waals surface area contributed by atoms with Crippen molar-refractivity contribution < 1.29 is 22.8 Å². The number of hydrogen-bond donors (Lipinski definition) is 2. The van der Waals surface area contributed by atoms with E-state index in [4.69, 9.17) is 0 Å². The van der Waals surface area contributed by atoms with Crippen molar-refractivity contribution in [3.63, 3.8) is 0 Å². The number of urea groups is 1. The molecular formula is C19H14F3N3O2. The van der Waals surface area contributed by atoms with Gasteiger partial charge >= 0.3 is 6.03 Å². The molecule has 0 saturated heterocycles. The van der Waals surface area contributed by atoms with E-state index in [1.807, 2.05) is 0 Å². The van der Waals surface area contributed by atoms with Crippen molar-refractivity contribution >= 4 is 11.9 Å². The molecule has 0 aromatic heterocycles. The molecule has 2 N–H and O–H groups in total. The van der Waals surface area contributed by atoms with Crippen molar-refractivity contribution in [2.75, 3.05) is 6.54 Å². The first-order chi connectivity index (χ1) is 12.9. The molecule has 1 atom stereocenters. The highest BCUT2D eigenvalue weighted by molar-refractivity contribution is 6.01. The first-order valence-electron chi connectivity index (χ1n) is 8.22.